The molecule has 10 aromatic carbocycles. The molecule has 1 heterocycles. The SMILES string of the molecule is c1cc(-c2ccccc2N(c2ccc(-c3cccc4c3oc3ccccc34)cc2)c2cccc(-c3ccc4ccccc4c3)c2)cc(-c2cccc3ccccc23)c1. The van der Waals surface area contributed by atoms with Gasteiger partial charge in [0.2, 0.25) is 0 Å². The normalized spacial score (nSPS) is 11.4. The molecule has 0 fully saturated rings. The van der Waals surface area contributed by atoms with Crippen LogP contribution in [0.1, 0.15) is 0 Å². The van der Waals surface area contributed by atoms with Crippen LogP contribution in [0.2, 0.25) is 0 Å². The van der Waals surface area contributed by atoms with Gasteiger partial charge >= 0.3 is 0 Å². The highest BCUT2D eigenvalue weighted by molar-refractivity contribution is 6.09. The van der Waals surface area contributed by atoms with Gasteiger partial charge in [0.25, 0.3) is 0 Å². The third kappa shape index (κ3) is 5.91. The van der Waals surface area contributed by atoms with E-state index >= 15 is 0 Å². The number of hydrogen-bond donors (Lipinski definition) is 0. The van der Waals surface area contributed by atoms with Gasteiger partial charge in [0.05, 0.1) is 5.69 Å². The van der Waals surface area contributed by atoms with Crippen molar-refractivity contribution in [2.24, 2.45) is 0 Å². The molecule has 11 aromatic rings. The smallest absolute Gasteiger partial charge is 0.143 e. The summed E-state index contributed by atoms with van der Waals surface area (Å²) in [5, 5.41) is 7.22. The fourth-order valence-electron chi connectivity index (χ4n) is 8.63. The van der Waals surface area contributed by atoms with Crippen molar-refractivity contribution in [3.63, 3.8) is 0 Å². The first kappa shape index (κ1) is 33.6. The first-order chi connectivity index (χ1) is 28.7. The van der Waals surface area contributed by atoms with Crippen molar-refractivity contribution < 1.29 is 4.42 Å². The molecule has 0 saturated carbocycles. The van der Waals surface area contributed by atoms with E-state index in [0.717, 1.165) is 66.8 Å². The van der Waals surface area contributed by atoms with E-state index in [2.05, 4.69) is 217 Å². The van der Waals surface area contributed by atoms with Crippen LogP contribution in [0, 0.1) is 0 Å². The third-order valence-electron chi connectivity index (χ3n) is 11.4. The van der Waals surface area contributed by atoms with Crippen LogP contribution in [0.25, 0.3) is 88.0 Å². The second-order valence-electron chi connectivity index (χ2n) is 14.9. The van der Waals surface area contributed by atoms with Gasteiger partial charge in [-0.2, -0.15) is 0 Å². The zero-order valence-electron chi connectivity index (χ0n) is 31.7. The molecule has 0 bridgehead atoms. The van der Waals surface area contributed by atoms with Crippen molar-refractivity contribution in [1.82, 2.24) is 0 Å². The molecule has 0 aliphatic rings. The van der Waals surface area contributed by atoms with Crippen molar-refractivity contribution >= 4 is 60.5 Å². The number of benzene rings is 10. The second kappa shape index (κ2) is 14.1. The summed E-state index contributed by atoms with van der Waals surface area (Å²) in [6.45, 7) is 0. The Kier molecular flexibility index (Phi) is 8.19. The standard InChI is InChI=1S/C56H37NO/c1-2-15-41-35-43(30-29-38(41)13-1)42-17-10-20-47(37-42)57(46-33-31-40(32-34-46)51-25-12-26-53-52-23-6-8-28-55(52)58-56(51)53)54-27-7-5-22-50(54)45-19-9-18-44(36-45)49-24-11-16-39-14-3-4-21-48(39)49/h1-37H. The fraction of sp³-hybridized carbons (Fsp3) is 0. The average Bonchev–Trinajstić information content (AvgIpc) is 3.68. The molecule has 272 valence electrons. The molecule has 2 heteroatoms. The molecule has 0 amide bonds. The van der Waals surface area contributed by atoms with E-state index in [1.807, 2.05) is 12.1 Å². The summed E-state index contributed by atoms with van der Waals surface area (Å²) in [6, 6.07) is 80.8. The number of hydrogen-bond acceptors (Lipinski definition) is 2. The molecule has 0 radical (unpaired) electrons. The molecule has 0 aliphatic heterocycles. The van der Waals surface area contributed by atoms with Crippen LogP contribution < -0.4 is 4.90 Å². The van der Waals surface area contributed by atoms with Gasteiger partial charge in [-0.05, 0) is 103 Å². The predicted molar refractivity (Wildman–Crippen MR) is 245 cm³/mol. The van der Waals surface area contributed by atoms with Gasteiger partial charge in [-0.3, -0.25) is 0 Å². The zero-order chi connectivity index (χ0) is 38.4. The summed E-state index contributed by atoms with van der Waals surface area (Å²) in [7, 11) is 0. The lowest BCUT2D eigenvalue weighted by Gasteiger charge is -2.28. The summed E-state index contributed by atoms with van der Waals surface area (Å²) < 4.78 is 6.46. The van der Waals surface area contributed by atoms with E-state index in [1.54, 1.807) is 0 Å². The Morgan fingerprint density at radius 2 is 0.879 bits per heavy atom. The van der Waals surface area contributed by atoms with Crippen LogP contribution in [0.15, 0.2) is 229 Å². The summed E-state index contributed by atoms with van der Waals surface area (Å²) in [4.78, 5) is 2.40. The fourth-order valence-corrected chi connectivity index (χ4v) is 8.63. The highest BCUT2D eigenvalue weighted by Crippen LogP contribution is 2.44. The quantitative estimate of drug-likeness (QED) is 0.162. The van der Waals surface area contributed by atoms with Crippen molar-refractivity contribution in [2.45, 2.75) is 0 Å². The van der Waals surface area contributed by atoms with Gasteiger partial charge in [-0.25, -0.2) is 0 Å². The maximum absolute atomic E-state index is 6.46. The van der Waals surface area contributed by atoms with Gasteiger partial charge in [-0.15, -0.1) is 0 Å². The number of rotatable bonds is 7. The van der Waals surface area contributed by atoms with E-state index in [0.29, 0.717) is 0 Å². The highest BCUT2D eigenvalue weighted by Gasteiger charge is 2.19. The minimum absolute atomic E-state index is 0.903. The number of anilines is 3. The van der Waals surface area contributed by atoms with E-state index in [4.69, 9.17) is 4.42 Å². The number of nitrogens with zero attached hydrogens (tertiary/aromatic N) is 1. The Labute approximate surface area is 337 Å². The molecule has 58 heavy (non-hydrogen) atoms. The zero-order valence-corrected chi connectivity index (χ0v) is 31.7. The molecule has 2 nitrogen and oxygen atoms in total. The van der Waals surface area contributed by atoms with E-state index in [-0.39, 0.29) is 0 Å². The van der Waals surface area contributed by atoms with Gasteiger partial charge in [0.1, 0.15) is 11.2 Å². The van der Waals surface area contributed by atoms with Crippen molar-refractivity contribution in [3.05, 3.63) is 224 Å². The molecular weight excluding hydrogens is 703 g/mol. The van der Waals surface area contributed by atoms with Crippen LogP contribution in [0.4, 0.5) is 17.1 Å². The van der Waals surface area contributed by atoms with Gasteiger partial charge < -0.3 is 9.32 Å². The Bertz CT molecular complexity index is 3290. The average molecular weight is 740 g/mol. The van der Waals surface area contributed by atoms with E-state index in [9.17, 15) is 0 Å². The number of para-hydroxylation sites is 3. The topological polar surface area (TPSA) is 16.4 Å². The van der Waals surface area contributed by atoms with Crippen molar-refractivity contribution in [3.8, 4) is 44.5 Å². The Morgan fingerprint density at radius 3 is 1.78 bits per heavy atom. The summed E-state index contributed by atoms with van der Waals surface area (Å²) in [5.41, 5.74) is 14.3. The summed E-state index contributed by atoms with van der Waals surface area (Å²) in [5.74, 6) is 0. The lowest BCUT2D eigenvalue weighted by atomic mass is 9.94. The van der Waals surface area contributed by atoms with Crippen LogP contribution in [-0.4, -0.2) is 0 Å². The molecular formula is C56H37NO. The molecule has 1 aromatic heterocycles. The lowest BCUT2D eigenvalue weighted by molar-refractivity contribution is 0.670. The van der Waals surface area contributed by atoms with Crippen molar-refractivity contribution in [1.29, 1.82) is 0 Å². The minimum Gasteiger partial charge on any atom is -0.455 e. The van der Waals surface area contributed by atoms with Gasteiger partial charge in [0.15, 0.2) is 0 Å². The molecule has 11 rings (SSSR count). The van der Waals surface area contributed by atoms with Crippen LogP contribution in [0.3, 0.4) is 0 Å². The van der Waals surface area contributed by atoms with E-state index in [1.165, 1.54) is 38.2 Å². The predicted octanol–water partition coefficient (Wildman–Crippen LogP) is 16.0. The van der Waals surface area contributed by atoms with E-state index < -0.39 is 0 Å². The summed E-state index contributed by atoms with van der Waals surface area (Å²) in [6.07, 6.45) is 0. The second-order valence-corrected chi connectivity index (χ2v) is 14.9. The maximum atomic E-state index is 6.46. The summed E-state index contributed by atoms with van der Waals surface area (Å²) >= 11 is 0. The lowest BCUT2D eigenvalue weighted by Crippen LogP contribution is -2.11. The van der Waals surface area contributed by atoms with Crippen LogP contribution in [-0.2, 0) is 0 Å². The monoisotopic (exact) mass is 739 g/mol. The highest BCUT2D eigenvalue weighted by atomic mass is 16.3. The molecule has 0 atom stereocenters. The molecule has 0 spiro atoms. The maximum Gasteiger partial charge on any atom is 0.143 e. The Hall–Kier alpha value is -7.68. The minimum atomic E-state index is 0.903. The molecule has 0 unspecified atom stereocenters. The van der Waals surface area contributed by atoms with Crippen LogP contribution in [0.5, 0.6) is 0 Å². The largest absolute Gasteiger partial charge is 0.455 e. The molecule has 0 saturated heterocycles. The molecule has 0 N–H and O–H groups in total. The van der Waals surface area contributed by atoms with Crippen LogP contribution >= 0.6 is 0 Å². The third-order valence-corrected chi connectivity index (χ3v) is 11.4. The van der Waals surface area contributed by atoms with Gasteiger partial charge in [-0.1, -0.05) is 176 Å². The first-order valence-corrected chi connectivity index (χ1v) is 19.8. The Balaban J connectivity index is 1.06. The van der Waals surface area contributed by atoms with Crippen molar-refractivity contribution in [2.75, 3.05) is 4.90 Å². The first-order valence-electron chi connectivity index (χ1n) is 19.8. The molecule has 0 aliphatic carbocycles. The number of furan rings is 1. The Morgan fingerprint density at radius 1 is 0.293 bits per heavy atom. The van der Waals surface area contributed by atoms with Gasteiger partial charge in [0, 0.05) is 33.3 Å². The number of fused-ring (bicyclic) bond motifs is 5.